The SMILES string of the molecule is COc1ccc(C2CC(CNC(=O)/C=C/c3ccc(Cl)cc3)=NN2c2ccc(Cl)cc2Cl)cc1. The molecule has 0 saturated carbocycles. The maximum atomic E-state index is 12.4. The monoisotopic (exact) mass is 513 g/mol. The van der Waals surface area contributed by atoms with Crippen LogP contribution in [0, 0.1) is 0 Å². The lowest BCUT2D eigenvalue weighted by molar-refractivity contribution is -0.116. The zero-order valence-electron chi connectivity index (χ0n) is 18.3. The molecule has 174 valence electrons. The van der Waals surface area contributed by atoms with E-state index in [1.165, 1.54) is 6.08 Å². The number of nitrogens with zero attached hydrogens (tertiary/aromatic N) is 2. The lowest BCUT2D eigenvalue weighted by atomic mass is 10.0. The summed E-state index contributed by atoms with van der Waals surface area (Å²) in [6, 6.07) is 20.3. The number of anilines is 1. The number of rotatable bonds is 7. The average Bonchev–Trinajstić information content (AvgIpc) is 3.26. The van der Waals surface area contributed by atoms with Crippen LogP contribution in [0.25, 0.3) is 6.08 Å². The van der Waals surface area contributed by atoms with Crippen LogP contribution >= 0.6 is 34.8 Å². The smallest absolute Gasteiger partial charge is 0.244 e. The number of nitrogens with one attached hydrogen (secondary N) is 1. The van der Waals surface area contributed by atoms with Crippen molar-refractivity contribution in [3.63, 3.8) is 0 Å². The second-order valence-corrected chi connectivity index (χ2v) is 8.98. The van der Waals surface area contributed by atoms with Crippen molar-refractivity contribution in [2.75, 3.05) is 18.7 Å². The number of hydrazone groups is 1. The number of benzene rings is 3. The van der Waals surface area contributed by atoms with Crippen LogP contribution in [0.3, 0.4) is 0 Å². The summed E-state index contributed by atoms with van der Waals surface area (Å²) in [6.45, 7) is 0.318. The molecule has 3 aromatic rings. The highest BCUT2D eigenvalue weighted by Crippen LogP contribution is 2.39. The fourth-order valence-corrected chi connectivity index (χ4v) is 4.27. The second kappa shape index (κ2) is 11.0. The Labute approximate surface area is 213 Å². The Hall–Kier alpha value is -2.99. The van der Waals surface area contributed by atoms with E-state index in [1.807, 2.05) is 47.5 Å². The first-order valence-electron chi connectivity index (χ1n) is 10.6. The van der Waals surface area contributed by atoms with Crippen molar-refractivity contribution >= 4 is 58.2 Å². The summed E-state index contributed by atoms with van der Waals surface area (Å²) in [5.41, 5.74) is 3.52. The predicted octanol–water partition coefficient (Wildman–Crippen LogP) is 6.79. The molecule has 1 atom stereocenters. The van der Waals surface area contributed by atoms with Crippen LogP contribution in [-0.2, 0) is 4.79 Å². The number of hydrogen-bond acceptors (Lipinski definition) is 4. The zero-order valence-corrected chi connectivity index (χ0v) is 20.6. The van der Waals surface area contributed by atoms with Crippen LogP contribution < -0.4 is 15.1 Å². The summed E-state index contributed by atoms with van der Waals surface area (Å²) in [5.74, 6) is 0.570. The van der Waals surface area contributed by atoms with Gasteiger partial charge in [-0.2, -0.15) is 5.10 Å². The lowest BCUT2D eigenvalue weighted by Gasteiger charge is -2.25. The van der Waals surface area contributed by atoms with E-state index in [4.69, 9.17) is 44.6 Å². The molecule has 1 aliphatic rings. The molecule has 5 nitrogen and oxygen atoms in total. The van der Waals surface area contributed by atoms with Gasteiger partial charge in [0.2, 0.25) is 5.91 Å². The van der Waals surface area contributed by atoms with Crippen LogP contribution in [0.1, 0.15) is 23.6 Å². The fraction of sp³-hybridized carbons (Fsp3) is 0.154. The number of ether oxygens (including phenoxy) is 1. The standard InChI is InChI=1S/C26H22Cl3N3O2/c1-34-22-10-5-18(6-11-22)25-15-21(31-32(25)24-12-9-20(28)14-23(24)29)16-30-26(33)13-4-17-2-7-19(27)8-3-17/h2-14,25H,15-16H2,1H3,(H,30,33)/b13-4+. The molecule has 3 aromatic carbocycles. The topological polar surface area (TPSA) is 53.9 Å². The van der Waals surface area contributed by atoms with Crippen LogP contribution in [0.2, 0.25) is 15.1 Å². The zero-order chi connectivity index (χ0) is 24.1. The van der Waals surface area contributed by atoms with Gasteiger partial charge in [0.25, 0.3) is 0 Å². The molecule has 1 unspecified atom stereocenters. The summed E-state index contributed by atoms with van der Waals surface area (Å²) in [4.78, 5) is 12.4. The van der Waals surface area contributed by atoms with Crippen molar-refractivity contribution in [3.8, 4) is 5.75 Å². The van der Waals surface area contributed by atoms with E-state index < -0.39 is 0 Å². The van der Waals surface area contributed by atoms with E-state index in [0.717, 1.165) is 28.3 Å². The molecule has 1 aliphatic heterocycles. The number of amides is 1. The van der Waals surface area contributed by atoms with Gasteiger partial charge < -0.3 is 10.1 Å². The third kappa shape index (κ3) is 5.92. The molecule has 4 rings (SSSR count). The minimum atomic E-state index is -0.207. The normalized spacial score (nSPS) is 15.5. The summed E-state index contributed by atoms with van der Waals surface area (Å²) in [7, 11) is 1.63. The van der Waals surface area contributed by atoms with Crippen LogP contribution in [-0.4, -0.2) is 25.3 Å². The first-order chi connectivity index (χ1) is 16.4. The lowest BCUT2D eigenvalue weighted by Crippen LogP contribution is -2.27. The van der Waals surface area contributed by atoms with Crippen molar-refractivity contribution < 1.29 is 9.53 Å². The number of hydrogen-bond donors (Lipinski definition) is 1. The van der Waals surface area contributed by atoms with E-state index >= 15 is 0 Å². The maximum Gasteiger partial charge on any atom is 0.244 e. The maximum absolute atomic E-state index is 12.4. The Morgan fingerprint density at radius 3 is 2.44 bits per heavy atom. The minimum Gasteiger partial charge on any atom is -0.497 e. The van der Waals surface area contributed by atoms with Gasteiger partial charge in [-0.25, -0.2) is 0 Å². The third-order valence-corrected chi connectivity index (χ3v) is 6.18. The van der Waals surface area contributed by atoms with E-state index in [9.17, 15) is 4.79 Å². The highest BCUT2D eigenvalue weighted by molar-refractivity contribution is 6.36. The van der Waals surface area contributed by atoms with Gasteiger partial charge >= 0.3 is 0 Å². The van der Waals surface area contributed by atoms with Crippen molar-refractivity contribution in [1.82, 2.24) is 5.32 Å². The average molecular weight is 515 g/mol. The molecule has 0 fully saturated rings. The Bertz CT molecular complexity index is 1230. The summed E-state index contributed by atoms with van der Waals surface area (Å²) in [6.07, 6.45) is 3.86. The van der Waals surface area contributed by atoms with Crippen LogP contribution in [0.15, 0.2) is 77.9 Å². The van der Waals surface area contributed by atoms with Gasteiger partial charge in [0, 0.05) is 22.5 Å². The largest absolute Gasteiger partial charge is 0.497 e. The van der Waals surface area contributed by atoms with Crippen molar-refractivity contribution in [2.24, 2.45) is 5.10 Å². The van der Waals surface area contributed by atoms with E-state index in [-0.39, 0.29) is 11.9 Å². The van der Waals surface area contributed by atoms with Crippen molar-refractivity contribution in [2.45, 2.75) is 12.5 Å². The van der Waals surface area contributed by atoms with Gasteiger partial charge in [-0.1, -0.05) is 59.1 Å². The molecule has 0 bridgehead atoms. The molecule has 0 spiro atoms. The summed E-state index contributed by atoms with van der Waals surface area (Å²) < 4.78 is 5.28. The first-order valence-corrected chi connectivity index (χ1v) is 11.7. The van der Waals surface area contributed by atoms with Crippen molar-refractivity contribution in [1.29, 1.82) is 0 Å². The van der Waals surface area contributed by atoms with E-state index in [1.54, 1.807) is 37.5 Å². The Morgan fingerprint density at radius 1 is 1.06 bits per heavy atom. The molecule has 8 heteroatoms. The molecule has 0 aromatic heterocycles. The third-order valence-electron chi connectivity index (χ3n) is 5.39. The Kier molecular flexibility index (Phi) is 7.78. The molecular formula is C26H22Cl3N3O2. The van der Waals surface area contributed by atoms with Crippen molar-refractivity contribution in [3.05, 3.63) is 99.0 Å². The van der Waals surface area contributed by atoms with Crippen LogP contribution in [0.5, 0.6) is 5.75 Å². The summed E-state index contributed by atoms with van der Waals surface area (Å²) >= 11 is 18.5. The molecule has 0 saturated heterocycles. The van der Waals surface area contributed by atoms with E-state index in [0.29, 0.717) is 28.0 Å². The molecule has 0 aliphatic carbocycles. The molecule has 1 heterocycles. The highest BCUT2D eigenvalue weighted by atomic mass is 35.5. The summed E-state index contributed by atoms with van der Waals surface area (Å²) in [5, 5.41) is 11.3. The fourth-order valence-electron chi connectivity index (χ4n) is 3.65. The Morgan fingerprint density at radius 2 is 1.76 bits per heavy atom. The quantitative estimate of drug-likeness (QED) is 0.353. The number of methoxy groups -OCH3 is 1. The minimum absolute atomic E-state index is 0.0823. The Balaban J connectivity index is 1.50. The number of carbonyl (C=O) groups is 1. The van der Waals surface area contributed by atoms with Gasteiger partial charge in [0.15, 0.2) is 0 Å². The molecule has 1 N–H and O–H groups in total. The van der Waals surface area contributed by atoms with E-state index in [2.05, 4.69) is 5.32 Å². The molecule has 0 radical (unpaired) electrons. The number of carbonyl (C=O) groups excluding carboxylic acids is 1. The highest BCUT2D eigenvalue weighted by Gasteiger charge is 2.30. The van der Waals surface area contributed by atoms with Gasteiger partial charge in [-0.15, -0.1) is 0 Å². The molecule has 1 amide bonds. The van der Waals surface area contributed by atoms with Crippen LogP contribution in [0.4, 0.5) is 5.69 Å². The van der Waals surface area contributed by atoms with Gasteiger partial charge in [-0.05, 0) is 59.7 Å². The predicted molar refractivity (Wildman–Crippen MR) is 140 cm³/mol. The number of halogens is 3. The van der Waals surface area contributed by atoms with Gasteiger partial charge in [0.05, 0.1) is 36.1 Å². The molecular weight excluding hydrogens is 493 g/mol. The van der Waals surface area contributed by atoms with Gasteiger partial charge in [0.1, 0.15) is 5.75 Å². The molecule has 34 heavy (non-hydrogen) atoms. The van der Waals surface area contributed by atoms with Gasteiger partial charge in [-0.3, -0.25) is 9.80 Å². The first kappa shape index (κ1) is 24.1. The second-order valence-electron chi connectivity index (χ2n) is 7.70.